The Labute approximate surface area is 231 Å². The van der Waals surface area contributed by atoms with Crippen LogP contribution < -0.4 is 10.2 Å². The lowest BCUT2D eigenvalue weighted by molar-refractivity contribution is -0.127. The number of nitrogens with zero attached hydrogens (tertiary/aromatic N) is 4. The van der Waals surface area contributed by atoms with Gasteiger partial charge < -0.3 is 15.3 Å². The van der Waals surface area contributed by atoms with E-state index in [4.69, 9.17) is 9.97 Å². The number of hydrogen-bond acceptors (Lipinski definition) is 6. The first-order valence-corrected chi connectivity index (χ1v) is 15.2. The lowest BCUT2D eigenvalue weighted by Crippen LogP contribution is -2.47. The number of amides is 1. The maximum absolute atomic E-state index is 12.6. The summed E-state index contributed by atoms with van der Waals surface area (Å²) < 4.78 is 0. The van der Waals surface area contributed by atoms with Crippen molar-refractivity contribution in [3.05, 3.63) is 17.6 Å². The second-order valence-electron chi connectivity index (χ2n) is 14.3. The zero-order chi connectivity index (χ0) is 27.5. The molecule has 1 aromatic rings. The van der Waals surface area contributed by atoms with E-state index in [1.165, 1.54) is 25.8 Å². The summed E-state index contributed by atoms with van der Waals surface area (Å²) in [6, 6.07) is 2.55. The molecule has 0 aromatic carbocycles. The Balaban J connectivity index is 1.20. The molecule has 1 saturated heterocycles. The van der Waals surface area contributed by atoms with Crippen LogP contribution in [-0.4, -0.2) is 70.8 Å². The van der Waals surface area contributed by atoms with Crippen LogP contribution in [0.25, 0.3) is 0 Å². The van der Waals surface area contributed by atoms with Gasteiger partial charge in [-0.1, -0.05) is 41.5 Å². The Hall–Kier alpha value is -1.73. The first-order valence-electron chi connectivity index (χ1n) is 15.2. The van der Waals surface area contributed by atoms with E-state index in [0.717, 1.165) is 88.0 Å². The van der Waals surface area contributed by atoms with E-state index in [0.29, 0.717) is 6.04 Å². The smallest absolute Gasteiger partial charge is 0.223 e. The number of anilines is 1. The molecule has 0 atom stereocenters. The van der Waals surface area contributed by atoms with Crippen molar-refractivity contribution in [2.45, 2.75) is 122 Å². The van der Waals surface area contributed by atoms with Crippen molar-refractivity contribution in [3.63, 3.8) is 0 Å². The normalized spacial score (nSPS) is 27.8. The fourth-order valence-corrected chi connectivity index (χ4v) is 6.13. The van der Waals surface area contributed by atoms with Gasteiger partial charge >= 0.3 is 0 Å². The van der Waals surface area contributed by atoms with Crippen LogP contribution in [0.2, 0.25) is 0 Å². The van der Waals surface area contributed by atoms with Gasteiger partial charge in [-0.3, -0.25) is 9.69 Å². The minimum absolute atomic E-state index is 0.000754. The minimum Gasteiger partial charge on any atom is -0.393 e. The molecule has 3 fully saturated rings. The highest BCUT2D eigenvalue weighted by atomic mass is 16.3. The molecule has 3 aliphatic rings. The van der Waals surface area contributed by atoms with Crippen LogP contribution in [0.5, 0.6) is 0 Å². The van der Waals surface area contributed by atoms with Crippen molar-refractivity contribution in [3.8, 4) is 0 Å². The Morgan fingerprint density at radius 3 is 2.11 bits per heavy atom. The van der Waals surface area contributed by atoms with Crippen LogP contribution in [-0.2, 0) is 15.6 Å². The second-order valence-corrected chi connectivity index (χ2v) is 14.3. The number of hydrogen-bond donors (Lipinski definition) is 2. The molecule has 38 heavy (non-hydrogen) atoms. The van der Waals surface area contributed by atoms with Crippen molar-refractivity contribution in [2.75, 3.05) is 37.6 Å². The van der Waals surface area contributed by atoms with Gasteiger partial charge in [-0.2, -0.15) is 0 Å². The molecule has 1 aliphatic heterocycles. The number of carbonyl (C=O) groups is 1. The maximum Gasteiger partial charge on any atom is 0.223 e. The summed E-state index contributed by atoms with van der Waals surface area (Å²) in [7, 11) is 0. The summed E-state index contributed by atoms with van der Waals surface area (Å²) in [6.45, 7) is 18.6. The molecule has 0 spiro atoms. The van der Waals surface area contributed by atoms with Crippen molar-refractivity contribution >= 4 is 11.7 Å². The third-order valence-corrected chi connectivity index (χ3v) is 8.96. The molecule has 2 heterocycles. The van der Waals surface area contributed by atoms with Crippen molar-refractivity contribution in [2.24, 2.45) is 11.8 Å². The van der Waals surface area contributed by atoms with Crippen LogP contribution in [0.1, 0.15) is 111 Å². The van der Waals surface area contributed by atoms with Gasteiger partial charge in [0.2, 0.25) is 5.91 Å². The fourth-order valence-electron chi connectivity index (χ4n) is 6.13. The Kier molecular flexibility index (Phi) is 9.39. The third-order valence-electron chi connectivity index (χ3n) is 8.96. The first-order chi connectivity index (χ1) is 17.9. The van der Waals surface area contributed by atoms with Gasteiger partial charge in [-0.15, -0.1) is 0 Å². The van der Waals surface area contributed by atoms with Gasteiger partial charge in [0, 0.05) is 55.0 Å². The van der Waals surface area contributed by atoms with Crippen LogP contribution >= 0.6 is 0 Å². The van der Waals surface area contributed by atoms with E-state index in [1.54, 1.807) is 0 Å². The highest BCUT2D eigenvalue weighted by Crippen LogP contribution is 2.31. The molecule has 1 aromatic heterocycles. The average molecular weight is 528 g/mol. The molecule has 1 amide bonds. The minimum atomic E-state index is -0.201. The highest BCUT2D eigenvalue weighted by molar-refractivity contribution is 5.79. The summed E-state index contributed by atoms with van der Waals surface area (Å²) in [5.41, 5.74) is 1.05. The lowest BCUT2D eigenvalue weighted by atomic mass is 9.83. The van der Waals surface area contributed by atoms with Crippen LogP contribution in [0.4, 0.5) is 5.82 Å². The number of nitrogens with one attached hydrogen (secondary N) is 1. The average Bonchev–Trinajstić information content (AvgIpc) is 2.87. The Morgan fingerprint density at radius 1 is 0.895 bits per heavy atom. The number of aliphatic hydroxyl groups is 1. The fraction of sp³-hybridized carbons (Fsp3) is 0.839. The summed E-state index contributed by atoms with van der Waals surface area (Å²) in [6.07, 6.45) is 8.94. The number of rotatable bonds is 6. The second kappa shape index (κ2) is 12.2. The maximum atomic E-state index is 12.6. The summed E-state index contributed by atoms with van der Waals surface area (Å²) in [5, 5.41) is 13.0. The van der Waals surface area contributed by atoms with E-state index in [-0.39, 0.29) is 28.8 Å². The molecule has 0 radical (unpaired) electrons. The molecular weight excluding hydrogens is 474 g/mol. The molecule has 2 N–H and O–H groups in total. The monoisotopic (exact) mass is 527 g/mol. The van der Waals surface area contributed by atoms with Crippen LogP contribution in [0.3, 0.4) is 0 Å². The van der Waals surface area contributed by atoms with Gasteiger partial charge in [0.1, 0.15) is 11.6 Å². The molecule has 7 nitrogen and oxygen atoms in total. The quantitative estimate of drug-likeness (QED) is 0.553. The molecule has 7 heteroatoms. The first kappa shape index (κ1) is 29.3. The van der Waals surface area contributed by atoms with Crippen LogP contribution in [0.15, 0.2) is 6.07 Å². The van der Waals surface area contributed by atoms with Crippen molar-refractivity contribution in [1.82, 2.24) is 20.2 Å². The number of aliphatic hydroxyl groups excluding tert-OH is 1. The van der Waals surface area contributed by atoms with E-state index in [1.807, 2.05) is 0 Å². The zero-order valence-corrected chi connectivity index (χ0v) is 24.9. The van der Waals surface area contributed by atoms with Gasteiger partial charge in [0.05, 0.1) is 11.8 Å². The van der Waals surface area contributed by atoms with Gasteiger partial charge in [-0.05, 0) is 70.3 Å². The molecule has 0 unspecified atom stereocenters. The lowest BCUT2D eigenvalue weighted by Gasteiger charge is -2.37. The number of carbonyl (C=O) groups excluding carboxylic acids is 1. The SMILES string of the molecule is CC(C)(C)c1cc(N2CCN(CC[C@H]3CC[C@H](NC(=O)[C@H]4CC[C@@H](O)CC4)CC3)CC2)nc(C(C)(C)C)n1. The Bertz CT molecular complexity index is 881. The molecule has 2 aliphatic carbocycles. The Morgan fingerprint density at radius 2 is 1.53 bits per heavy atom. The predicted octanol–water partition coefficient (Wildman–Crippen LogP) is 4.81. The molecule has 2 saturated carbocycles. The molecule has 214 valence electrons. The van der Waals surface area contributed by atoms with Crippen molar-refractivity contribution < 1.29 is 9.90 Å². The topological polar surface area (TPSA) is 81.6 Å². The summed E-state index contributed by atoms with van der Waals surface area (Å²) in [4.78, 5) is 27.6. The predicted molar refractivity (Wildman–Crippen MR) is 155 cm³/mol. The van der Waals surface area contributed by atoms with Crippen LogP contribution in [0, 0.1) is 11.8 Å². The number of piperazine rings is 1. The van der Waals surface area contributed by atoms with Crippen molar-refractivity contribution in [1.29, 1.82) is 0 Å². The van der Waals surface area contributed by atoms with E-state index in [9.17, 15) is 9.90 Å². The van der Waals surface area contributed by atoms with E-state index < -0.39 is 0 Å². The summed E-state index contributed by atoms with van der Waals surface area (Å²) >= 11 is 0. The van der Waals surface area contributed by atoms with E-state index in [2.05, 4.69) is 62.7 Å². The zero-order valence-electron chi connectivity index (χ0n) is 24.9. The molecule has 0 bridgehead atoms. The highest BCUT2D eigenvalue weighted by Gasteiger charge is 2.30. The third kappa shape index (κ3) is 7.91. The number of aromatic nitrogens is 2. The molecule has 4 rings (SSSR count). The largest absolute Gasteiger partial charge is 0.393 e. The molecular formula is C31H53N5O2. The standard InChI is InChI=1S/C31H53N5O2/c1-30(2,3)26-21-27(34-29(33-26)31(4,5)6)36-19-17-35(18-20-36)16-15-22-7-11-24(12-8-22)32-28(38)23-9-13-25(37)14-10-23/h21-25,37H,7-20H2,1-6H3,(H,32,38)/t22-,23-,24-,25+. The van der Waals surface area contributed by atoms with Gasteiger partial charge in [0.15, 0.2) is 0 Å². The van der Waals surface area contributed by atoms with Gasteiger partial charge in [0.25, 0.3) is 0 Å². The van der Waals surface area contributed by atoms with E-state index >= 15 is 0 Å². The summed E-state index contributed by atoms with van der Waals surface area (Å²) in [5.74, 6) is 3.13. The van der Waals surface area contributed by atoms with Gasteiger partial charge in [-0.25, -0.2) is 9.97 Å².